The third-order valence-corrected chi connectivity index (χ3v) is 7.35. The highest BCUT2D eigenvalue weighted by molar-refractivity contribution is 5.82. The van der Waals surface area contributed by atoms with E-state index in [-0.39, 0.29) is 5.97 Å². The lowest BCUT2D eigenvalue weighted by Crippen LogP contribution is -2.48. The van der Waals surface area contributed by atoms with E-state index >= 15 is 0 Å². The molecule has 4 aliphatic rings. The van der Waals surface area contributed by atoms with Gasteiger partial charge >= 0.3 is 5.97 Å². The molecule has 0 N–H and O–H groups in total. The minimum atomic E-state index is -0.307. The van der Waals surface area contributed by atoms with Crippen LogP contribution < -0.4 is 4.74 Å². The van der Waals surface area contributed by atoms with Crippen molar-refractivity contribution in [3.8, 4) is 5.75 Å². The Morgan fingerprint density at radius 3 is 2.33 bits per heavy atom. The van der Waals surface area contributed by atoms with Gasteiger partial charge in [0.15, 0.2) is 0 Å². The fraction of sp³-hybridized carbons (Fsp3) is 0.519. The predicted octanol–water partition coefficient (Wildman–Crippen LogP) is 6.24. The molecule has 0 radical (unpaired) electrons. The monoisotopic (exact) mass is 406 g/mol. The van der Waals surface area contributed by atoms with E-state index in [1.54, 1.807) is 20.1 Å². The highest BCUT2D eigenvalue weighted by Gasteiger charge is 2.52. The summed E-state index contributed by atoms with van der Waals surface area (Å²) < 4.78 is 10.7. The van der Waals surface area contributed by atoms with Gasteiger partial charge in [-0.25, -0.2) is 4.79 Å². The number of esters is 1. The molecule has 3 nitrogen and oxygen atoms in total. The molecule has 0 aromatic heterocycles. The van der Waals surface area contributed by atoms with Crippen molar-refractivity contribution in [2.45, 2.75) is 57.8 Å². The molecule has 0 saturated heterocycles. The van der Waals surface area contributed by atoms with Crippen LogP contribution in [0, 0.1) is 17.8 Å². The van der Waals surface area contributed by atoms with Crippen LogP contribution in [0.5, 0.6) is 5.75 Å². The molecule has 0 spiro atoms. The van der Waals surface area contributed by atoms with Crippen molar-refractivity contribution in [3.63, 3.8) is 0 Å². The third-order valence-electron chi connectivity index (χ3n) is 7.35. The van der Waals surface area contributed by atoms with Gasteiger partial charge in [0.05, 0.1) is 13.7 Å². The Bertz CT molecular complexity index is 839. The van der Waals surface area contributed by atoms with Crippen LogP contribution in [0.4, 0.5) is 0 Å². The topological polar surface area (TPSA) is 35.5 Å². The van der Waals surface area contributed by atoms with Crippen molar-refractivity contribution < 1.29 is 14.3 Å². The van der Waals surface area contributed by atoms with Gasteiger partial charge in [-0.3, -0.25) is 0 Å². The molecule has 4 saturated carbocycles. The lowest BCUT2D eigenvalue weighted by Gasteiger charge is -2.57. The predicted molar refractivity (Wildman–Crippen MR) is 121 cm³/mol. The second-order valence-electron chi connectivity index (χ2n) is 9.46. The highest BCUT2D eigenvalue weighted by atomic mass is 16.5. The zero-order chi connectivity index (χ0) is 21.1. The van der Waals surface area contributed by atoms with Crippen molar-refractivity contribution in [1.82, 2.24) is 0 Å². The smallest absolute Gasteiger partial charge is 0.330 e. The molecule has 0 amide bonds. The second-order valence-corrected chi connectivity index (χ2v) is 9.46. The molecule has 0 heterocycles. The maximum absolute atomic E-state index is 11.4. The largest absolute Gasteiger partial charge is 0.496 e. The van der Waals surface area contributed by atoms with Crippen LogP contribution in [0.25, 0.3) is 5.57 Å². The summed E-state index contributed by atoms with van der Waals surface area (Å²) in [4.78, 5) is 11.4. The van der Waals surface area contributed by atoms with Gasteiger partial charge in [0.25, 0.3) is 0 Å². The standard InChI is InChI=1S/C27H34O3/c1-4-30-26(28)9-7-5-6-8-19(2)23-10-11-25(29-3)24(15-23)27-16-20-12-21(17-27)14-22(13-20)18-27/h5-11,15,20-22H,4,12-14,16-18H2,1-3H3/b6-5+,9-7+,19-8?. The van der Waals surface area contributed by atoms with E-state index in [9.17, 15) is 4.79 Å². The van der Waals surface area contributed by atoms with E-state index in [2.05, 4.69) is 31.2 Å². The maximum atomic E-state index is 11.4. The van der Waals surface area contributed by atoms with Crippen LogP contribution in [0.2, 0.25) is 0 Å². The van der Waals surface area contributed by atoms with Crippen LogP contribution in [-0.4, -0.2) is 19.7 Å². The van der Waals surface area contributed by atoms with Gasteiger partial charge in [-0.15, -0.1) is 0 Å². The molecule has 4 aliphatic carbocycles. The molecular formula is C27H34O3. The summed E-state index contributed by atoms with van der Waals surface area (Å²) in [6, 6.07) is 6.71. The minimum Gasteiger partial charge on any atom is -0.496 e. The summed E-state index contributed by atoms with van der Waals surface area (Å²) in [5, 5.41) is 0. The minimum absolute atomic E-state index is 0.307. The Morgan fingerprint density at radius 2 is 1.73 bits per heavy atom. The molecule has 4 fully saturated rings. The van der Waals surface area contributed by atoms with Crippen molar-refractivity contribution in [2.75, 3.05) is 13.7 Å². The first-order chi connectivity index (χ1) is 14.5. The number of benzene rings is 1. The van der Waals surface area contributed by atoms with E-state index in [1.807, 2.05) is 12.2 Å². The van der Waals surface area contributed by atoms with E-state index in [4.69, 9.17) is 9.47 Å². The Morgan fingerprint density at radius 1 is 1.07 bits per heavy atom. The number of ether oxygens (including phenoxy) is 2. The average molecular weight is 407 g/mol. The fourth-order valence-electron chi connectivity index (χ4n) is 6.49. The zero-order valence-corrected chi connectivity index (χ0v) is 18.5. The van der Waals surface area contributed by atoms with Gasteiger partial charge in [-0.05, 0) is 98.8 Å². The zero-order valence-electron chi connectivity index (χ0n) is 18.5. The lowest BCUT2D eigenvalue weighted by molar-refractivity contribution is -0.137. The van der Waals surface area contributed by atoms with Gasteiger partial charge in [-0.1, -0.05) is 30.4 Å². The Labute approximate surface area is 180 Å². The first-order valence-electron chi connectivity index (χ1n) is 11.4. The number of carbonyl (C=O) groups excluding carboxylic acids is 1. The summed E-state index contributed by atoms with van der Waals surface area (Å²) >= 11 is 0. The Hall–Kier alpha value is -2.29. The van der Waals surface area contributed by atoms with Gasteiger partial charge in [-0.2, -0.15) is 0 Å². The summed E-state index contributed by atoms with van der Waals surface area (Å²) in [5.74, 6) is 3.49. The van der Waals surface area contributed by atoms with E-state index < -0.39 is 0 Å². The number of hydrogen-bond donors (Lipinski definition) is 0. The Balaban J connectivity index is 1.55. The van der Waals surface area contributed by atoms with Crippen molar-refractivity contribution >= 4 is 11.5 Å². The SMILES string of the molecule is CCOC(=O)/C=C/C=C/C=C(C)c1ccc(OC)c(C23CC4CC(CC(C4)C2)C3)c1. The lowest BCUT2D eigenvalue weighted by atomic mass is 9.48. The molecule has 160 valence electrons. The van der Waals surface area contributed by atoms with Crippen molar-refractivity contribution in [3.05, 3.63) is 59.7 Å². The van der Waals surface area contributed by atoms with Gasteiger partial charge < -0.3 is 9.47 Å². The molecule has 1 aromatic carbocycles. The summed E-state index contributed by atoms with van der Waals surface area (Å²) in [6.45, 7) is 4.35. The Kier molecular flexibility index (Phi) is 6.17. The highest BCUT2D eigenvalue weighted by Crippen LogP contribution is 2.62. The maximum Gasteiger partial charge on any atom is 0.330 e. The van der Waals surface area contributed by atoms with Crippen LogP contribution in [0.3, 0.4) is 0 Å². The molecule has 0 unspecified atom stereocenters. The molecule has 1 aromatic rings. The van der Waals surface area contributed by atoms with Crippen LogP contribution in [0.1, 0.15) is 63.5 Å². The summed E-state index contributed by atoms with van der Waals surface area (Å²) in [5.41, 5.74) is 4.21. The molecule has 0 aliphatic heterocycles. The fourth-order valence-corrected chi connectivity index (χ4v) is 6.49. The van der Waals surface area contributed by atoms with Gasteiger partial charge in [0, 0.05) is 11.6 Å². The summed E-state index contributed by atoms with van der Waals surface area (Å²) in [6.07, 6.45) is 17.4. The molecule has 5 rings (SSSR count). The number of hydrogen-bond acceptors (Lipinski definition) is 3. The molecular weight excluding hydrogens is 372 g/mol. The van der Waals surface area contributed by atoms with Crippen LogP contribution >= 0.6 is 0 Å². The quantitative estimate of drug-likeness (QED) is 0.305. The van der Waals surface area contributed by atoms with Gasteiger partial charge in [0.1, 0.15) is 5.75 Å². The first-order valence-corrected chi connectivity index (χ1v) is 11.4. The van der Waals surface area contributed by atoms with E-state index in [1.165, 1.54) is 61.3 Å². The molecule has 4 bridgehead atoms. The average Bonchev–Trinajstić information content (AvgIpc) is 2.72. The van der Waals surface area contributed by atoms with E-state index in [0.717, 1.165) is 23.5 Å². The number of allylic oxidation sites excluding steroid dienone is 5. The normalized spacial score (nSPS) is 30.4. The second kappa shape index (κ2) is 8.83. The number of rotatable bonds is 7. The number of methoxy groups -OCH3 is 1. The van der Waals surface area contributed by atoms with Crippen molar-refractivity contribution in [1.29, 1.82) is 0 Å². The molecule has 3 heteroatoms. The van der Waals surface area contributed by atoms with Gasteiger partial charge in [0.2, 0.25) is 0 Å². The van der Waals surface area contributed by atoms with Crippen LogP contribution in [0.15, 0.2) is 48.6 Å². The molecule has 30 heavy (non-hydrogen) atoms. The van der Waals surface area contributed by atoms with E-state index in [0.29, 0.717) is 12.0 Å². The third kappa shape index (κ3) is 4.26. The first kappa shape index (κ1) is 21.0. The number of carbonyl (C=O) groups is 1. The molecule has 0 atom stereocenters. The van der Waals surface area contributed by atoms with Crippen LogP contribution in [-0.2, 0) is 14.9 Å². The van der Waals surface area contributed by atoms with Crippen molar-refractivity contribution in [2.24, 2.45) is 17.8 Å². The summed E-state index contributed by atoms with van der Waals surface area (Å²) in [7, 11) is 1.81.